The lowest BCUT2D eigenvalue weighted by Crippen LogP contribution is -2.23. The fraction of sp³-hybridized carbons (Fsp3) is 0.174. The number of hydrogen-bond donors (Lipinski definition) is 1. The second-order valence-electron chi connectivity index (χ2n) is 6.28. The van der Waals surface area contributed by atoms with Crippen molar-refractivity contribution >= 4 is 5.91 Å². The molecule has 0 atom stereocenters. The summed E-state index contributed by atoms with van der Waals surface area (Å²) in [6.45, 7) is 0.561. The van der Waals surface area contributed by atoms with Gasteiger partial charge >= 0.3 is 0 Å². The third-order valence-corrected chi connectivity index (χ3v) is 4.34. The highest BCUT2D eigenvalue weighted by atomic mass is 19.1. The summed E-state index contributed by atoms with van der Waals surface area (Å²) in [6.07, 6.45) is 0. The van der Waals surface area contributed by atoms with Crippen molar-refractivity contribution in [1.29, 1.82) is 0 Å². The van der Waals surface area contributed by atoms with Gasteiger partial charge in [-0.05, 0) is 47.5 Å². The number of benzene rings is 3. The zero-order chi connectivity index (χ0) is 20.6. The Morgan fingerprint density at radius 2 is 1.55 bits per heavy atom. The summed E-state index contributed by atoms with van der Waals surface area (Å²) in [4.78, 5) is 12.7. The van der Waals surface area contributed by atoms with E-state index < -0.39 is 0 Å². The molecule has 0 saturated heterocycles. The predicted octanol–water partition coefficient (Wildman–Crippen LogP) is 4.35. The largest absolute Gasteiger partial charge is 0.493 e. The van der Waals surface area contributed by atoms with Crippen LogP contribution >= 0.6 is 0 Å². The lowest BCUT2D eigenvalue weighted by atomic mass is 10.1. The molecule has 3 aromatic rings. The quantitative estimate of drug-likeness (QED) is 0.616. The second-order valence-corrected chi connectivity index (χ2v) is 6.28. The van der Waals surface area contributed by atoms with Gasteiger partial charge in [-0.1, -0.05) is 30.3 Å². The minimum atomic E-state index is -0.302. The maximum atomic E-state index is 13.0. The van der Waals surface area contributed by atoms with Crippen molar-refractivity contribution in [3.05, 3.63) is 89.2 Å². The first-order valence-corrected chi connectivity index (χ1v) is 9.06. The van der Waals surface area contributed by atoms with Crippen molar-refractivity contribution in [3.63, 3.8) is 0 Å². The van der Waals surface area contributed by atoms with E-state index in [1.54, 1.807) is 56.7 Å². The number of methoxy groups -OCH3 is 2. The molecule has 0 saturated carbocycles. The molecule has 0 aliphatic heterocycles. The molecule has 150 valence electrons. The van der Waals surface area contributed by atoms with Crippen molar-refractivity contribution in [2.24, 2.45) is 0 Å². The number of hydrogen-bond acceptors (Lipinski definition) is 4. The van der Waals surface area contributed by atoms with Crippen LogP contribution in [-0.4, -0.2) is 20.1 Å². The average molecular weight is 395 g/mol. The van der Waals surface area contributed by atoms with Crippen LogP contribution in [0.5, 0.6) is 17.2 Å². The maximum absolute atomic E-state index is 13.0. The molecule has 0 fully saturated rings. The van der Waals surface area contributed by atoms with Crippen molar-refractivity contribution in [2.45, 2.75) is 13.2 Å². The Hall–Kier alpha value is -3.54. The zero-order valence-corrected chi connectivity index (χ0v) is 16.3. The Labute approximate surface area is 169 Å². The predicted molar refractivity (Wildman–Crippen MR) is 108 cm³/mol. The van der Waals surface area contributed by atoms with Crippen LogP contribution in [0.2, 0.25) is 0 Å². The van der Waals surface area contributed by atoms with Gasteiger partial charge in [-0.15, -0.1) is 0 Å². The van der Waals surface area contributed by atoms with E-state index >= 15 is 0 Å². The van der Waals surface area contributed by atoms with Crippen LogP contribution in [0.25, 0.3) is 0 Å². The number of amides is 1. The lowest BCUT2D eigenvalue weighted by molar-refractivity contribution is 0.0946. The van der Waals surface area contributed by atoms with Crippen molar-refractivity contribution in [2.75, 3.05) is 14.2 Å². The SMILES string of the molecule is COc1ccc(CNC(=O)c2ccccc2OCc2ccc(F)cc2)cc1OC. The molecule has 0 bridgehead atoms. The minimum Gasteiger partial charge on any atom is -0.493 e. The Morgan fingerprint density at radius 1 is 0.862 bits per heavy atom. The summed E-state index contributed by atoms with van der Waals surface area (Å²) in [7, 11) is 3.14. The van der Waals surface area contributed by atoms with E-state index in [1.807, 2.05) is 12.1 Å². The van der Waals surface area contributed by atoms with Gasteiger partial charge in [-0.2, -0.15) is 0 Å². The third kappa shape index (κ3) is 5.25. The fourth-order valence-electron chi connectivity index (χ4n) is 2.79. The second kappa shape index (κ2) is 9.59. The molecular weight excluding hydrogens is 373 g/mol. The topological polar surface area (TPSA) is 56.8 Å². The summed E-state index contributed by atoms with van der Waals surface area (Å²) < 4.78 is 29.3. The molecule has 0 spiro atoms. The molecule has 29 heavy (non-hydrogen) atoms. The molecule has 0 aliphatic carbocycles. The van der Waals surface area contributed by atoms with Gasteiger partial charge in [0.1, 0.15) is 18.2 Å². The smallest absolute Gasteiger partial charge is 0.255 e. The Bertz CT molecular complexity index is 973. The highest BCUT2D eigenvalue weighted by Crippen LogP contribution is 2.27. The van der Waals surface area contributed by atoms with Crippen LogP contribution < -0.4 is 19.5 Å². The molecule has 0 unspecified atom stereocenters. The fourth-order valence-corrected chi connectivity index (χ4v) is 2.79. The van der Waals surface area contributed by atoms with Crippen LogP contribution in [0.3, 0.4) is 0 Å². The van der Waals surface area contributed by atoms with Crippen molar-refractivity contribution < 1.29 is 23.4 Å². The highest BCUT2D eigenvalue weighted by molar-refractivity contribution is 5.96. The van der Waals surface area contributed by atoms with Gasteiger partial charge in [0.05, 0.1) is 19.8 Å². The Kier molecular flexibility index (Phi) is 6.68. The molecule has 1 amide bonds. The molecule has 1 N–H and O–H groups in total. The number of carbonyl (C=O) groups excluding carboxylic acids is 1. The third-order valence-electron chi connectivity index (χ3n) is 4.34. The van der Waals surface area contributed by atoms with Crippen molar-refractivity contribution in [1.82, 2.24) is 5.32 Å². The first-order valence-electron chi connectivity index (χ1n) is 9.06. The van der Waals surface area contributed by atoms with Gasteiger partial charge in [0.2, 0.25) is 0 Å². The summed E-state index contributed by atoms with van der Waals surface area (Å²) in [5.41, 5.74) is 2.11. The number of nitrogens with one attached hydrogen (secondary N) is 1. The van der Waals surface area contributed by atoms with Crippen molar-refractivity contribution in [3.8, 4) is 17.2 Å². The molecule has 0 radical (unpaired) electrons. The summed E-state index contributed by atoms with van der Waals surface area (Å²) in [5, 5.41) is 2.89. The average Bonchev–Trinajstić information content (AvgIpc) is 2.77. The first-order chi connectivity index (χ1) is 14.1. The van der Waals surface area contributed by atoms with Gasteiger partial charge < -0.3 is 19.5 Å². The normalized spacial score (nSPS) is 10.3. The molecule has 5 nitrogen and oxygen atoms in total. The van der Waals surface area contributed by atoms with Gasteiger partial charge in [0.15, 0.2) is 11.5 Å². The molecule has 3 rings (SSSR count). The van der Waals surface area contributed by atoms with Crippen LogP contribution in [0, 0.1) is 5.82 Å². The van der Waals surface area contributed by atoms with E-state index in [-0.39, 0.29) is 18.3 Å². The maximum Gasteiger partial charge on any atom is 0.255 e. The first kappa shape index (κ1) is 20.2. The van der Waals surface area contributed by atoms with Gasteiger partial charge in [0, 0.05) is 6.54 Å². The molecule has 6 heteroatoms. The summed E-state index contributed by atoms with van der Waals surface area (Å²) >= 11 is 0. The van der Waals surface area contributed by atoms with Gasteiger partial charge in [-0.3, -0.25) is 4.79 Å². The molecule has 0 aliphatic rings. The lowest BCUT2D eigenvalue weighted by Gasteiger charge is -2.13. The van der Waals surface area contributed by atoms with Crippen LogP contribution in [0.4, 0.5) is 4.39 Å². The van der Waals surface area contributed by atoms with E-state index in [0.717, 1.165) is 11.1 Å². The van der Waals surface area contributed by atoms with E-state index in [9.17, 15) is 9.18 Å². The van der Waals surface area contributed by atoms with Gasteiger partial charge in [-0.25, -0.2) is 4.39 Å². The zero-order valence-electron chi connectivity index (χ0n) is 16.3. The number of ether oxygens (including phenoxy) is 3. The summed E-state index contributed by atoms with van der Waals surface area (Å²) in [5.74, 6) is 1.13. The highest BCUT2D eigenvalue weighted by Gasteiger charge is 2.13. The number of para-hydroxylation sites is 1. The number of rotatable bonds is 8. The molecule has 0 aromatic heterocycles. The standard InChI is InChI=1S/C23H22FNO4/c1-27-21-12-9-17(13-22(21)28-2)14-25-23(26)19-5-3-4-6-20(19)29-15-16-7-10-18(24)11-8-16/h3-13H,14-15H2,1-2H3,(H,25,26). The molecular formula is C23H22FNO4. The molecule has 3 aromatic carbocycles. The number of halogens is 1. The van der Waals surface area contributed by atoms with Crippen LogP contribution in [0.15, 0.2) is 66.7 Å². The van der Waals surface area contributed by atoms with E-state index in [1.165, 1.54) is 12.1 Å². The van der Waals surface area contributed by atoms with E-state index in [0.29, 0.717) is 29.4 Å². The van der Waals surface area contributed by atoms with E-state index in [2.05, 4.69) is 5.32 Å². The number of carbonyl (C=O) groups is 1. The van der Waals surface area contributed by atoms with E-state index in [4.69, 9.17) is 14.2 Å². The summed E-state index contributed by atoms with van der Waals surface area (Å²) in [6, 6.07) is 18.5. The Balaban J connectivity index is 1.66. The molecule has 0 heterocycles. The van der Waals surface area contributed by atoms with Gasteiger partial charge in [0.25, 0.3) is 5.91 Å². The minimum absolute atomic E-state index is 0.236. The van der Waals surface area contributed by atoms with Crippen LogP contribution in [-0.2, 0) is 13.2 Å². The Morgan fingerprint density at radius 3 is 2.28 bits per heavy atom. The van der Waals surface area contributed by atoms with Crippen LogP contribution in [0.1, 0.15) is 21.5 Å². The monoisotopic (exact) mass is 395 g/mol.